The molecule has 2 aliphatic heterocycles. The maximum Gasteiger partial charge on any atom is 0.258 e. The first-order valence-electron chi connectivity index (χ1n) is 19.0. The van der Waals surface area contributed by atoms with E-state index in [1.54, 1.807) is 27.9 Å². The van der Waals surface area contributed by atoms with Gasteiger partial charge in [0.1, 0.15) is 12.1 Å². The first-order chi connectivity index (χ1) is 28.3. The summed E-state index contributed by atoms with van der Waals surface area (Å²) in [5, 5.41) is 26.4. The average Bonchev–Trinajstić information content (AvgIpc) is 3.25. The molecule has 2 atom stereocenters. The molecule has 10 heteroatoms. The van der Waals surface area contributed by atoms with Crippen molar-refractivity contribution in [3.8, 4) is 12.1 Å². The minimum absolute atomic E-state index is 0.195. The van der Waals surface area contributed by atoms with Crippen molar-refractivity contribution in [3.05, 3.63) is 210 Å². The van der Waals surface area contributed by atoms with Crippen LogP contribution in [0.5, 0.6) is 0 Å². The van der Waals surface area contributed by atoms with Crippen LogP contribution in [0.15, 0.2) is 143 Å². The van der Waals surface area contributed by atoms with E-state index in [9.17, 15) is 24.9 Å². The molecule has 0 aliphatic carbocycles. The third kappa shape index (κ3) is 8.39. The zero-order chi connectivity index (χ0) is 42.3. The maximum absolute atomic E-state index is 12.8. The van der Waals surface area contributed by atoms with Gasteiger partial charge in [0.2, 0.25) is 6.41 Å². The molecule has 4 aromatic carbocycles. The van der Waals surface area contributed by atoms with Gasteiger partial charge in [-0.15, -0.1) is 0 Å². The number of amides is 1. The van der Waals surface area contributed by atoms with Crippen LogP contribution < -0.4 is 21.8 Å². The molecule has 0 unspecified atom stereocenters. The summed E-state index contributed by atoms with van der Waals surface area (Å²) in [5.74, 6) is 0. The molecule has 0 saturated carbocycles. The van der Waals surface area contributed by atoms with Gasteiger partial charge in [0.15, 0.2) is 0 Å². The molecule has 2 aromatic heterocycles. The Labute approximate surface area is 343 Å². The Morgan fingerprint density at radius 1 is 0.559 bits per heavy atom. The second-order valence-electron chi connectivity index (χ2n) is 14.9. The van der Waals surface area contributed by atoms with Crippen LogP contribution in [0.4, 0.5) is 11.4 Å². The minimum Gasteiger partial charge on any atom is -0.371 e. The molecule has 0 bridgehead atoms. The number of anilines is 2. The number of hydrogen-bond acceptors (Lipinski definition) is 7. The smallest absolute Gasteiger partial charge is 0.258 e. The van der Waals surface area contributed by atoms with Crippen molar-refractivity contribution in [2.24, 2.45) is 0 Å². The summed E-state index contributed by atoms with van der Waals surface area (Å²) in [6.07, 6.45) is 4.90. The molecule has 0 radical (unpaired) electrons. The minimum atomic E-state index is -0.550. The van der Waals surface area contributed by atoms with Crippen molar-refractivity contribution in [2.75, 3.05) is 24.7 Å². The van der Waals surface area contributed by atoms with E-state index in [0.29, 0.717) is 45.0 Å². The van der Waals surface area contributed by atoms with Crippen molar-refractivity contribution < 1.29 is 4.79 Å². The van der Waals surface area contributed by atoms with Crippen LogP contribution in [-0.2, 0) is 15.9 Å². The van der Waals surface area contributed by atoms with Gasteiger partial charge in [0, 0.05) is 25.5 Å². The SMILES string of the molecule is CN(C)C=O.Cc1[nH]c(=O)c2c(c1C#N)N[C@@](C)(c1ccccc1)C=C2c1ccccc1.Cc1[nH]c(=O)c2c(c1C#N)N[C@](C)(c1ccccc1)C=C2c1ccccc1. The molecule has 0 saturated heterocycles. The van der Waals surface area contributed by atoms with Crippen LogP contribution in [0.3, 0.4) is 0 Å². The number of carbonyl (C=O) groups is 1. The first kappa shape index (κ1) is 41.0. The number of carbonyl (C=O) groups excluding carboxylic acids is 1. The Bertz CT molecular complexity index is 2570. The summed E-state index contributed by atoms with van der Waals surface area (Å²) in [7, 11) is 3.38. The van der Waals surface area contributed by atoms with Gasteiger partial charge in [-0.2, -0.15) is 10.5 Å². The zero-order valence-corrected chi connectivity index (χ0v) is 33.8. The molecule has 4 heterocycles. The van der Waals surface area contributed by atoms with E-state index in [1.165, 1.54) is 4.90 Å². The summed E-state index contributed by atoms with van der Waals surface area (Å²) in [6.45, 7) is 7.63. The largest absolute Gasteiger partial charge is 0.371 e. The lowest BCUT2D eigenvalue weighted by Crippen LogP contribution is -2.36. The van der Waals surface area contributed by atoms with E-state index >= 15 is 0 Å². The highest BCUT2D eigenvalue weighted by Crippen LogP contribution is 2.43. The Kier molecular flexibility index (Phi) is 11.9. The highest BCUT2D eigenvalue weighted by Gasteiger charge is 2.36. The molecular weight excluding hydrogens is 735 g/mol. The van der Waals surface area contributed by atoms with Gasteiger partial charge in [-0.1, -0.05) is 121 Å². The number of nitrogens with zero attached hydrogens (tertiary/aromatic N) is 3. The summed E-state index contributed by atoms with van der Waals surface area (Å²) < 4.78 is 0. The van der Waals surface area contributed by atoms with Crippen LogP contribution in [0.25, 0.3) is 11.1 Å². The Hall–Kier alpha value is -7.69. The summed E-state index contributed by atoms with van der Waals surface area (Å²) in [6, 6.07) is 44.2. The molecular formula is C49H45N7O3. The number of H-pyrrole nitrogens is 2. The topological polar surface area (TPSA) is 158 Å². The van der Waals surface area contributed by atoms with Crippen LogP contribution in [0.1, 0.15) is 69.7 Å². The fourth-order valence-electron chi connectivity index (χ4n) is 7.37. The highest BCUT2D eigenvalue weighted by molar-refractivity contribution is 5.93. The van der Waals surface area contributed by atoms with Gasteiger partial charge in [0.05, 0.1) is 44.7 Å². The normalized spacial score (nSPS) is 17.1. The number of nitriles is 2. The quantitative estimate of drug-likeness (QED) is 0.128. The molecule has 0 spiro atoms. The number of fused-ring (bicyclic) bond motifs is 2. The summed E-state index contributed by atoms with van der Waals surface area (Å²) in [5.41, 5.74) is 8.44. The fraction of sp³-hybridized carbons (Fsp3) is 0.163. The van der Waals surface area contributed by atoms with Gasteiger partial charge in [-0.25, -0.2) is 0 Å². The predicted molar refractivity (Wildman–Crippen MR) is 235 cm³/mol. The highest BCUT2D eigenvalue weighted by atomic mass is 16.1. The maximum atomic E-state index is 12.8. The van der Waals surface area contributed by atoms with Crippen molar-refractivity contribution >= 4 is 28.9 Å². The third-order valence-electron chi connectivity index (χ3n) is 10.3. The van der Waals surface area contributed by atoms with Crippen molar-refractivity contribution in [1.29, 1.82) is 10.5 Å². The van der Waals surface area contributed by atoms with Crippen LogP contribution in [0, 0.1) is 36.5 Å². The third-order valence-corrected chi connectivity index (χ3v) is 10.3. The molecule has 6 aromatic rings. The van der Waals surface area contributed by atoms with E-state index in [4.69, 9.17) is 0 Å². The molecule has 8 rings (SSSR count). The molecule has 2 aliphatic rings. The lowest BCUT2D eigenvalue weighted by atomic mass is 9.81. The monoisotopic (exact) mass is 779 g/mol. The lowest BCUT2D eigenvalue weighted by Gasteiger charge is -2.36. The van der Waals surface area contributed by atoms with Gasteiger partial charge in [0.25, 0.3) is 11.1 Å². The van der Waals surface area contributed by atoms with Crippen molar-refractivity contribution in [3.63, 3.8) is 0 Å². The van der Waals surface area contributed by atoms with E-state index in [2.05, 4.69) is 58.7 Å². The van der Waals surface area contributed by atoms with Crippen LogP contribution in [0.2, 0.25) is 0 Å². The Morgan fingerprint density at radius 2 is 0.864 bits per heavy atom. The summed E-state index contributed by atoms with van der Waals surface area (Å²) in [4.78, 5) is 42.2. The zero-order valence-electron chi connectivity index (χ0n) is 33.8. The van der Waals surface area contributed by atoms with Crippen LogP contribution in [-0.4, -0.2) is 35.4 Å². The second kappa shape index (κ2) is 17.2. The number of aromatic nitrogens is 2. The Balaban J connectivity index is 0.000000178. The summed E-state index contributed by atoms with van der Waals surface area (Å²) >= 11 is 0. The van der Waals surface area contributed by atoms with Crippen molar-refractivity contribution in [1.82, 2.24) is 14.9 Å². The first-order valence-corrected chi connectivity index (χ1v) is 19.0. The molecule has 1 amide bonds. The number of pyridine rings is 2. The molecule has 294 valence electrons. The number of aryl methyl sites for hydroxylation is 2. The molecule has 4 N–H and O–H groups in total. The van der Waals surface area contributed by atoms with E-state index < -0.39 is 11.1 Å². The lowest BCUT2D eigenvalue weighted by molar-refractivity contribution is -0.115. The number of aromatic amines is 2. The van der Waals surface area contributed by atoms with E-state index in [0.717, 1.165) is 39.8 Å². The number of rotatable bonds is 5. The van der Waals surface area contributed by atoms with Gasteiger partial charge < -0.3 is 25.5 Å². The van der Waals surface area contributed by atoms with Gasteiger partial charge >= 0.3 is 0 Å². The number of hydrogen-bond donors (Lipinski definition) is 4. The van der Waals surface area contributed by atoms with Crippen molar-refractivity contribution in [2.45, 2.75) is 38.8 Å². The Morgan fingerprint density at radius 3 is 1.15 bits per heavy atom. The second-order valence-corrected chi connectivity index (χ2v) is 14.9. The predicted octanol–water partition coefficient (Wildman–Crippen LogP) is 8.36. The molecule has 10 nitrogen and oxygen atoms in total. The van der Waals surface area contributed by atoms with E-state index in [1.807, 2.05) is 121 Å². The standard InChI is InChI=1S/2C23H19N3O.C3H7NO/c2*1-15-19(14-24)21-20(22(27)25-15)18(16-9-5-3-6-10-16)13-23(2,26-21)17-11-7-4-8-12-17;1-4(2)3-5/h2*3-13,26H,1-2H3,(H,25,27);3H,1-2H3/t2*23-;/m10./s1. The van der Waals surface area contributed by atoms with Gasteiger partial charge in [-0.3, -0.25) is 14.4 Å². The van der Waals surface area contributed by atoms with Crippen LogP contribution >= 0.6 is 0 Å². The average molecular weight is 780 g/mol. The number of benzene rings is 4. The molecule has 0 fully saturated rings. The van der Waals surface area contributed by atoms with E-state index in [-0.39, 0.29) is 11.1 Å². The number of nitrogens with one attached hydrogen (secondary N) is 4. The molecule has 59 heavy (non-hydrogen) atoms. The fourth-order valence-corrected chi connectivity index (χ4v) is 7.37. The van der Waals surface area contributed by atoms with Gasteiger partial charge in [-0.05, 0) is 73.2 Å².